The van der Waals surface area contributed by atoms with E-state index in [1.807, 2.05) is 0 Å². The number of cyclic esters (lactones) is 2. The zero-order valence-electron chi connectivity index (χ0n) is 16.5. The molecule has 1 saturated carbocycles. The van der Waals surface area contributed by atoms with Crippen LogP contribution in [0.15, 0.2) is 12.2 Å². The molecule has 3 nitrogen and oxygen atoms in total. The summed E-state index contributed by atoms with van der Waals surface area (Å²) in [5.74, 6) is -1.09. The Morgan fingerprint density at radius 3 is 2.21 bits per heavy atom. The molecule has 0 bridgehead atoms. The summed E-state index contributed by atoms with van der Waals surface area (Å²) in [5, 5.41) is 0. The van der Waals surface area contributed by atoms with E-state index in [2.05, 4.69) is 59.8 Å². The summed E-state index contributed by atoms with van der Waals surface area (Å²) in [6, 6.07) is 0. The molecule has 0 aromatic heterocycles. The normalized spacial score (nSPS) is 33.5. The van der Waals surface area contributed by atoms with Crippen molar-refractivity contribution >= 4 is 11.9 Å². The first-order valence-corrected chi connectivity index (χ1v) is 9.10. The van der Waals surface area contributed by atoms with Crippen LogP contribution in [0.2, 0.25) is 0 Å². The molecule has 2 rings (SSSR count). The molecule has 3 unspecified atom stereocenters. The lowest BCUT2D eigenvalue weighted by Gasteiger charge is -2.42. The van der Waals surface area contributed by atoms with E-state index in [0.717, 1.165) is 12.0 Å². The van der Waals surface area contributed by atoms with Crippen molar-refractivity contribution in [1.82, 2.24) is 0 Å². The molecule has 1 aliphatic heterocycles. The smallest absolute Gasteiger partial charge is 0.317 e. The molecular weight excluding hydrogens is 300 g/mol. The monoisotopic (exact) mass is 334 g/mol. The summed E-state index contributed by atoms with van der Waals surface area (Å²) in [7, 11) is 0. The SMILES string of the molecule is C=C(CC1CC(=O)OC1=O)CC1(C)CC1(C)CC(C)(C)C(C)(C)C. The van der Waals surface area contributed by atoms with E-state index in [0.29, 0.717) is 11.8 Å². The van der Waals surface area contributed by atoms with Crippen molar-refractivity contribution in [2.75, 3.05) is 0 Å². The fourth-order valence-electron chi connectivity index (χ4n) is 4.26. The molecule has 1 heterocycles. The molecule has 1 saturated heterocycles. The Morgan fingerprint density at radius 1 is 1.17 bits per heavy atom. The number of ether oxygens (including phenoxy) is 1. The van der Waals surface area contributed by atoms with Gasteiger partial charge in [0.05, 0.1) is 12.3 Å². The number of carbonyl (C=O) groups excluding carboxylic acids is 2. The molecule has 0 N–H and O–H groups in total. The maximum atomic E-state index is 11.6. The van der Waals surface area contributed by atoms with Gasteiger partial charge in [0.25, 0.3) is 0 Å². The molecule has 0 spiro atoms. The Bertz CT molecular complexity index is 566. The lowest BCUT2D eigenvalue weighted by atomic mass is 9.63. The third-order valence-electron chi connectivity index (χ3n) is 7.11. The van der Waals surface area contributed by atoms with E-state index >= 15 is 0 Å². The Balaban J connectivity index is 1.95. The van der Waals surface area contributed by atoms with Crippen LogP contribution in [-0.4, -0.2) is 11.9 Å². The maximum absolute atomic E-state index is 11.6. The molecule has 0 aromatic rings. The Labute approximate surface area is 147 Å². The fourth-order valence-corrected chi connectivity index (χ4v) is 4.26. The van der Waals surface area contributed by atoms with Crippen molar-refractivity contribution in [1.29, 1.82) is 0 Å². The van der Waals surface area contributed by atoms with Crippen molar-refractivity contribution in [3.8, 4) is 0 Å². The average molecular weight is 335 g/mol. The molecule has 0 radical (unpaired) electrons. The second-order valence-corrected chi connectivity index (χ2v) is 10.4. The van der Waals surface area contributed by atoms with Gasteiger partial charge in [0.1, 0.15) is 0 Å². The van der Waals surface area contributed by atoms with Crippen LogP contribution in [0, 0.1) is 27.6 Å². The first kappa shape index (κ1) is 19.2. The van der Waals surface area contributed by atoms with Crippen LogP contribution < -0.4 is 0 Å². The minimum Gasteiger partial charge on any atom is -0.393 e. The summed E-state index contributed by atoms with van der Waals surface area (Å²) < 4.78 is 4.65. The van der Waals surface area contributed by atoms with Gasteiger partial charge in [0.2, 0.25) is 0 Å². The highest BCUT2D eigenvalue weighted by Crippen LogP contribution is 2.71. The number of hydrogen-bond donors (Lipinski definition) is 0. The number of carbonyl (C=O) groups is 2. The third-order valence-corrected chi connectivity index (χ3v) is 7.11. The van der Waals surface area contributed by atoms with Crippen LogP contribution in [0.1, 0.15) is 80.6 Å². The van der Waals surface area contributed by atoms with Gasteiger partial charge in [-0.05, 0) is 47.3 Å². The van der Waals surface area contributed by atoms with Crippen molar-refractivity contribution in [2.24, 2.45) is 27.6 Å². The third kappa shape index (κ3) is 3.60. The highest BCUT2D eigenvalue weighted by atomic mass is 16.6. The largest absolute Gasteiger partial charge is 0.393 e. The Kier molecular flexibility index (Phi) is 4.57. The highest BCUT2D eigenvalue weighted by Gasteiger charge is 2.62. The molecule has 0 amide bonds. The molecule has 3 atom stereocenters. The first-order valence-electron chi connectivity index (χ1n) is 9.10. The molecule has 24 heavy (non-hydrogen) atoms. The van der Waals surface area contributed by atoms with Gasteiger partial charge >= 0.3 is 11.9 Å². The summed E-state index contributed by atoms with van der Waals surface area (Å²) in [6.07, 6.45) is 4.12. The van der Waals surface area contributed by atoms with Gasteiger partial charge in [0, 0.05) is 0 Å². The lowest BCUT2D eigenvalue weighted by Crippen LogP contribution is -2.33. The quantitative estimate of drug-likeness (QED) is 0.376. The van der Waals surface area contributed by atoms with Crippen molar-refractivity contribution in [3.63, 3.8) is 0 Å². The second kappa shape index (κ2) is 5.71. The molecule has 136 valence electrons. The molecule has 2 fully saturated rings. The van der Waals surface area contributed by atoms with Gasteiger partial charge in [-0.15, -0.1) is 0 Å². The predicted octanol–water partition coefficient (Wildman–Crippen LogP) is 5.29. The van der Waals surface area contributed by atoms with Gasteiger partial charge in [-0.2, -0.15) is 0 Å². The fraction of sp³-hybridized carbons (Fsp3) is 0.810. The summed E-state index contributed by atoms with van der Waals surface area (Å²) in [4.78, 5) is 22.9. The van der Waals surface area contributed by atoms with E-state index in [1.165, 1.54) is 12.8 Å². The molecule has 3 heteroatoms. The predicted molar refractivity (Wildman–Crippen MR) is 96.3 cm³/mol. The van der Waals surface area contributed by atoms with Crippen LogP contribution in [-0.2, 0) is 14.3 Å². The van der Waals surface area contributed by atoms with Gasteiger partial charge in [-0.25, -0.2) is 0 Å². The number of rotatable bonds is 6. The standard InChI is InChI=1S/C21H34O3/c1-14(9-15-10-16(22)24-17(15)23)11-20(7)13-21(20,8)12-19(5,6)18(2,3)4/h15H,1,9-13H2,2-8H3. The van der Waals surface area contributed by atoms with E-state index < -0.39 is 5.97 Å². The van der Waals surface area contributed by atoms with E-state index in [-0.39, 0.29) is 34.6 Å². The minimum absolute atomic E-state index is 0.211. The molecule has 0 aromatic carbocycles. The highest BCUT2D eigenvalue weighted by molar-refractivity contribution is 5.94. The Morgan fingerprint density at radius 2 is 1.75 bits per heavy atom. The van der Waals surface area contributed by atoms with E-state index in [1.54, 1.807) is 0 Å². The molecule has 1 aliphatic carbocycles. The van der Waals surface area contributed by atoms with Crippen molar-refractivity contribution < 1.29 is 14.3 Å². The zero-order valence-corrected chi connectivity index (χ0v) is 16.5. The van der Waals surface area contributed by atoms with Crippen LogP contribution in [0.3, 0.4) is 0 Å². The Hall–Kier alpha value is -1.12. The second-order valence-electron chi connectivity index (χ2n) is 10.4. The van der Waals surface area contributed by atoms with Crippen LogP contribution >= 0.6 is 0 Å². The first-order chi connectivity index (χ1) is 10.7. The minimum atomic E-state index is -0.396. The van der Waals surface area contributed by atoms with Crippen molar-refractivity contribution in [2.45, 2.75) is 80.6 Å². The molecule has 2 aliphatic rings. The average Bonchev–Trinajstić information content (AvgIpc) is 2.67. The summed E-state index contributed by atoms with van der Waals surface area (Å²) in [6.45, 7) is 20.6. The summed E-state index contributed by atoms with van der Waals surface area (Å²) in [5.41, 5.74) is 2.18. The molecular formula is C21H34O3. The van der Waals surface area contributed by atoms with Crippen LogP contribution in [0.25, 0.3) is 0 Å². The van der Waals surface area contributed by atoms with Gasteiger partial charge in [-0.3, -0.25) is 9.59 Å². The number of esters is 2. The number of hydrogen-bond acceptors (Lipinski definition) is 3. The maximum Gasteiger partial charge on any atom is 0.317 e. The van der Waals surface area contributed by atoms with E-state index in [4.69, 9.17) is 0 Å². The number of allylic oxidation sites excluding steroid dienone is 1. The van der Waals surface area contributed by atoms with E-state index in [9.17, 15) is 9.59 Å². The van der Waals surface area contributed by atoms with Gasteiger partial charge in [-0.1, -0.05) is 60.6 Å². The van der Waals surface area contributed by atoms with Gasteiger partial charge in [0.15, 0.2) is 0 Å². The van der Waals surface area contributed by atoms with Crippen LogP contribution in [0.5, 0.6) is 0 Å². The summed E-state index contributed by atoms with van der Waals surface area (Å²) >= 11 is 0. The van der Waals surface area contributed by atoms with Gasteiger partial charge < -0.3 is 4.74 Å². The van der Waals surface area contributed by atoms with Crippen LogP contribution in [0.4, 0.5) is 0 Å². The lowest BCUT2D eigenvalue weighted by molar-refractivity contribution is -0.153. The zero-order chi connectivity index (χ0) is 18.6. The topological polar surface area (TPSA) is 43.4 Å². The van der Waals surface area contributed by atoms with Crippen molar-refractivity contribution in [3.05, 3.63) is 12.2 Å².